The molecule has 28 heavy (non-hydrogen) atoms. The van der Waals surface area contributed by atoms with Gasteiger partial charge in [-0.15, -0.1) is 0 Å². The minimum atomic E-state index is -0.160. The number of fused-ring (bicyclic) bond motifs is 5. The van der Waals surface area contributed by atoms with E-state index in [9.17, 15) is 0 Å². The van der Waals surface area contributed by atoms with Crippen LogP contribution in [0.4, 0.5) is 5.69 Å². The van der Waals surface area contributed by atoms with Crippen molar-refractivity contribution in [2.45, 2.75) is 39.3 Å². The van der Waals surface area contributed by atoms with Crippen LogP contribution in [0.25, 0.3) is 16.7 Å². The molecule has 2 aromatic carbocycles. The highest BCUT2D eigenvalue weighted by Crippen LogP contribution is 2.54. The summed E-state index contributed by atoms with van der Waals surface area (Å²) in [5, 5.41) is 3.64. The molecule has 146 valence electrons. The number of anilines is 1. The molecule has 2 heterocycles. The van der Waals surface area contributed by atoms with Crippen LogP contribution in [0.1, 0.15) is 44.9 Å². The Balaban J connectivity index is 2.05. The third kappa shape index (κ3) is 2.75. The molecule has 0 amide bonds. The number of hydrogen-bond acceptors (Lipinski definition) is 4. The van der Waals surface area contributed by atoms with Crippen molar-refractivity contribution in [1.29, 1.82) is 0 Å². The van der Waals surface area contributed by atoms with Crippen LogP contribution in [-0.2, 0) is 0 Å². The van der Waals surface area contributed by atoms with Gasteiger partial charge in [-0.1, -0.05) is 18.2 Å². The maximum atomic E-state index is 6.43. The van der Waals surface area contributed by atoms with Crippen LogP contribution in [0.2, 0.25) is 0 Å². The molecule has 4 rings (SSSR count). The molecule has 0 saturated carbocycles. The van der Waals surface area contributed by atoms with E-state index in [0.29, 0.717) is 11.5 Å². The van der Waals surface area contributed by atoms with Gasteiger partial charge in [0.2, 0.25) is 0 Å². The Labute approximate surface area is 166 Å². The number of allylic oxidation sites excluding steroid dienone is 2. The molecule has 4 nitrogen and oxygen atoms in total. The second-order valence-electron chi connectivity index (χ2n) is 7.86. The highest BCUT2D eigenvalue weighted by molar-refractivity contribution is 5.92. The molecule has 1 atom stereocenters. The molecule has 2 aliphatic rings. The zero-order valence-corrected chi connectivity index (χ0v) is 17.3. The van der Waals surface area contributed by atoms with E-state index in [-0.39, 0.29) is 11.6 Å². The molecule has 2 aliphatic heterocycles. The standard InChI is InChI=1S/C24H27NO3/c1-7-8-17-21-15(9-10-16-20(21)14(2)13-24(3,4)25-16)22-18(28-17)11-12-19(26-5)23(22)27-6/h7-13,17,25H,1-6H3. The molecular formula is C24H27NO3. The smallest absolute Gasteiger partial charge is 0.172 e. The zero-order chi connectivity index (χ0) is 20.1. The molecule has 0 aliphatic carbocycles. The molecular weight excluding hydrogens is 350 g/mol. The third-order valence-electron chi connectivity index (χ3n) is 5.36. The van der Waals surface area contributed by atoms with Gasteiger partial charge in [0.05, 0.1) is 25.3 Å². The SMILES string of the molecule is CC=CC1Oc2ccc(OC)c(OC)c2-c2ccc3c(c21)C(C)=CC(C)(C)N3. The van der Waals surface area contributed by atoms with Gasteiger partial charge in [0, 0.05) is 16.8 Å². The van der Waals surface area contributed by atoms with Crippen LogP contribution in [-0.4, -0.2) is 19.8 Å². The van der Waals surface area contributed by atoms with E-state index in [1.165, 1.54) is 11.1 Å². The second-order valence-corrected chi connectivity index (χ2v) is 7.86. The molecule has 1 unspecified atom stereocenters. The van der Waals surface area contributed by atoms with Crippen molar-refractivity contribution >= 4 is 11.3 Å². The van der Waals surface area contributed by atoms with Crippen molar-refractivity contribution in [1.82, 2.24) is 0 Å². The summed E-state index contributed by atoms with van der Waals surface area (Å²) in [6, 6.07) is 8.17. The number of nitrogens with one attached hydrogen (secondary N) is 1. The normalized spacial score (nSPS) is 18.9. The van der Waals surface area contributed by atoms with Gasteiger partial charge in [0.25, 0.3) is 0 Å². The van der Waals surface area contributed by atoms with Crippen molar-refractivity contribution in [3.63, 3.8) is 0 Å². The Morgan fingerprint density at radius 1 is 1.07 bits per heavy atom. The van der Waals surface area contributed by atoms with Gasteiger partial charge in [-0.05, 0) is 63.1 Å². The first-order valence-electron chi connectivity index (χ1n) is 9.60. The van der Waals surface area contributed by atoms with Crippen LogP contribution < -0.4 is 19.5 Å². The maximum absolute atomic E-state index is 6.43. The second kappa shape index (κ2) is 6.62. The number of ether oxygens (including phenoxy) is 3. The summed E-state index contributed by atoms with van der Waals surface area (Å²) in [7, 11) is 3.33. The average Bonchev–Trinajstić information content (AvgIpc) is 2.65. The molecule has 2 aromatic rings. The van der Waals surface area contributed by atoms with Crippen molar-refractivity contribution in [3.05, 3.63) is 53.6 Å². The van der Waals surface area contributed by atoms with Gasteiger partial charge in [-0.25, -0.2) is 0 Å². The number of benzene rings is 2. The van der Waals surface area contributed by atoms with Gasteiger partial charge < -0.3 is 19.5 Å². The van der Waals surface area contributed by atoms with Crippen molar-refractivity contribution in [3.8, 4) is 28.4 Å². The monoisotopic (exact) mass is 377 g/mol. The van der Waals surface area contributed by atoms with Crippen LogP contribution in [0, 0.1) is 0 Å². The van der Waals surface area contributed by atoms with Crippen LogP contribution in [0.15, 0.2) is 42.5 Å². The van der Waals surface area contributed by atoms with E-state index in [0.717, 1.165) is 28.1 Å². The van der Waals surface area contributed by atoms with Gasteiger partial charge in [0.1, 0.15) is 11.9 Å². The van der Waals surface area contributed by atoms with Crippen LogP contribution in [0.5, 0.6) is 17.2 Å². The summed E-state index contributed by atoms with van der Waals surface area (Å²) in [4.78, 5) is 0. The lowest BCUT2D eigenvalue weighted by Gasteiger charge is -2.36. The highest BCUT2D eigenvalue weighted by Gasteiger charge is 2.34. The fourth-order valence-electron chi connectivity index (χ4n) is 4.43. The highest BCUT2D eigenvalue weighted by atomic mass is 16.5. The minimum absolute atomic E-state index is 0.0875. The fraction of sp³-hybridized carbons (Fsp3) is 0.333. The number of rotatable bonds is 3. The van der Waals surface area contributed by atoms with E-state index in [1.54, 1.807) is 14.2 Å². The molecule has 0 spiro atoms. The van der Waals surface area contributed by atoms with E-state index >= 15 is 0 Å². The molecule has 0 aromatic heterocycles. The van der Waals surface area contributed by atoms with Gasteiger partial charge in [-0.2, -0.15) is 0 Å². The molecule has 0 radical (unpaired) electrons. The van der Waals surface area contributed by atoms with Crippen LogP contribution >= 0.6 is 0 Å². The van der Waals surface area contributed by atoms with Crippen molar-refractivity contribution in [2.24, 2.45) is 0 Å². The Kier molecular flexibility index (Phi) is 4.37. The molecule has 0 bridgehead atoms. The first kappa shape index (κ1) is 18.5. The Morgan fingerprint density at radius 3 is 2.54 bits per heavy atom. The Morgan fingerprint density at radius 2 is 1.86 bits per heavy atom. The predicted octanol–water partition coefficient (Wildman–Crippen LogP) is 5.99. The minimum Gasteiger partial charge on any atom is -0.493 e. The maximum Gasteiger partial charge on any atom is 0.172 e. The van der Waals surface area contributed by atoms with E-state index in [4.69, 9.17) is 14.2 Å². The molecule has 1 N–H and O–H groups in total. The van der Waals surface area contributed by atoms with Crippen LogP contribution in [0.3, 0.4) is 0 Å². The summed E-state index contributed by atoms with van der Waals surface area (Å²) in [6.45, 7) is 8.56. The average molecular weight is 377 g/mol. The summed E-state index contributed by atoms with van der Waals surface area (Å²) < 4.78 is 17.7. The lowest BCUT2D eigenvalue weighted by Crippen LogP contribution is -2.32. The largest absolute Gasteiger partial charge is 0.493 e. The first-order chi connectivity index (χ1) is 13.4. The summed E-state index contributed by atoms with van der Waals surface area (Å²) in [5.74, 6) is 2.20. The zero-order valence-electron chi connectivity index (χ0n) is 17.3. The van der Waals surface area contributed by atoms with Crippen molar-refractivity contribution < 1.29 is 14.2 Å². The number of methoxy groups -OCH3 is 2. The molecule has 0 saturated heterocycles. The number of hydrogen-bond donors (Lipinski definition) is 1. The molecule has 4 heteroatoms. The Hall–Kier alpha value is -2.88. The van der Waals surface area contributed by atoms with Gasteiger partial charge in [-0.3, -0.25) is 0 Å². The first-order valence-corrected chi connectivity index (χ1v) is 9.60. The lowest BCUT2D eigenvalue weighted by molar-refractivity contribution is 0.248. The van der Waals surface area contributed by atoms with E-state index < -0.39 is 0 Å². The topological polar surface area (TPSA) is 39.7 Å². The summed E-state index contributed by atoms with van der Waals surface area (Å²) >= 11 is 0. The molecule has 0 fully saturated rings. The fourth-order valence-corrected chi connectivity index (χ4v) is 4.43. The van der Waals surface area contributed by atoms with Gasteiger partial charge >= 0.3 is 0 Å². The summed E-state index contributed by atoms with van der Waals surface area (Å²) in [6.07, 6.45) is 6.26. The predicted molar refractivity (Wildman–Crippen MR) is 115 cm³/mol. The van der Waals surface area contributed by atoms with E-state index in [2.05, 4.69) is 50.4 Å². The lowest BCUT2D eigenvalue weighted by atomic mass is 9.81. The quantitative estimate of drug-likeness (QED) is 0.667. The van der Waals surface area contributed by atoms with Gasteiger partial charge in [0.15, 0.2) is 11.5 Å². The summed E-state index contributed by atoms with van der Waals surface area (Å²) in [5.41, 5.74) is 6.72. The third-order valence-corrected chi connectivity index (χ3v) is 5.36. The Bertz CT molecular complexity index is 1000. The van der Waals surface area contributed by atoms with Crippen molar-refractivity contribution in [2.75, 3.05) is 19.5 Å². The van der Waals surface area contributed by atoms with E-state index in [1.807, 2.05) is 25.1 Å².